The number of carbonyl (C=O) groups is 1. The number of hydrogen-bond donors (Lipinski definition) is 1. The fourth-order valence-electron chi connectivity index (χ4n) is 3.56. The Morgan fingerprint density at radius 1 is 1.27 bits per heavy atom. The Balaban J connectivity index is 1.30. The van der Waals surface area contributed by atoms with E-state index in [1.807, 2.05) is 0 Å². The van der Waals surface area contributed by atoms with E-state index in [-0.39, 0.29) is 5.91 Å². The third-order valence-corrected chi connectivity index (χ3v) is 4.86. The maximum Gasteiger partial charge on any atom is 0.220 e. The average molecular weight is 301 g/mol. The van der Waals surface area contributed by atoms with Crippen LogP contribution in [0.25, 0.3) is 0 Å². The molecule has 120 valence electrons. The summed E-state index contributed by atoms with van der Waals surface area (Å²) in [6, 6.07) is 8.63. The summed E-state index contributed by atoms with van der Waals surface area (Å²) in [5.74, 6) is 0.855. The van der Waals surface area contributed by atoms with E-state index < -0.39 is 0 Å². The van der Waals surface area contributed by atoms with Crippen LogP contribution in [0.1, 0.15) is 30.4 Å². The lowest BCUT2D eigenvalue weighted by Gasteiger charge is -2.15. The highest BCUT2D eigenvalue weighted by molar-refractivity contribution is 5.75. The largest absolute Gasteiger partial charge is 0.356 e. The Labute approximate surface area is 133 Å². The molecule has 1 fully saturated rings. The van der Waals surface area contributed by atoms with Crippen LogP contribution in [0.5, 0.6) is 0 Å². The molecule has 0 saturated carbocycles. The molecule has 4 nitrogen and oxygen atoms in total. The zero-order chi connectivity index (χ0) is 15.4. The van der Waals surface area contributed by atoms with Gasteiger partial charge >= 0.3 is 0 Å². The topological polar surface area (TPSA) is 35.6 Å². The van der Waals surface area contributed by atoms with E-state index in [1.165, 1.54) is 17.5 Å². The molecule has 1 amide bonds. The van der Waals surface area contributed by atoms with Crippen molar-refractivity contribution in [2.24, 2.45) is 5.92 Å². The number of fused-ring (bicyclic) bond motifs is 1. The summed E-state index contributed by atoms with van der Waals surface area (Å²) in [6.45, 7) is 6.20. The monoisotopic (exact) mass is 301 g/mol. The molecule has 0 aliphatic carbocycles. The third kappa shape index (κ3) is 4.08. The summed E-state index contributed by atoms with van der Waals surface area (Å²) in [6.07, 6.45) is 2.81. The van der Waals surface area contributed by atoms with Crippen LogP contribution in [0, 0.1) is 5.92 Å². The van der Waals surface area contributed by atoms with E-state index in [0.717, 1.165) is 45.7 Å². The van der Waals surface area contributed by atoms with Crippen LogP contribution in [0.4, 0.5) is 0 Å². The van der Waals surface area contributed by atoms with Crippen molar-refractivity contribution in [3.05, 3.63) is 35.4 Å². The number of nitrogens with one attached hydrogen (secondary N) is 1. The third-order valence-electron chi connectivity index (χ3n) is 4.86. The van der Waals surface area contributed by atoms with Crippen molar-refractivity contribution in [3.63, 3.8) is 0 Å². The lowest BCUT2D eigenvalue weighted by molar-refractivity contribution is -0.121. The normalized spacial score (nSPS) is 22.0. The number of nitrogens with zero attached hydrogens (tertiary/aromatic N) is 2. The molecule has 2 aliphatic heterocycles. The van der Waals surface area contributed by atoms with E-state index in [9.17, 15) is 4.79 Å². The summed E-state index contributed by atoms with van der Waals surface area (Å²) in [5.41, 5.74) is 2.88. The molecule has 3 rings (SSSR count). The molecule has 1 atom stereocenters. The Kier molecular flexibility index (Phi) is 5.11. The van der Waals surface area contributed by atoms with Crippen molar-refractivity contribution in [1.82, 2.24) is 15.1 Å². The first-order chi connectivity index (χ1) is 10.7. The molecule has 2 aliphatic rings. The number of benzene rings is 1. The number of rotatable bonds is 6. The van der Waals surface area contributed by atoms with Gasteiger partial charge in [-0.2, -0.15) is 0 Å². The first-order valence-corrected chi connectivity index (χ1v) is 8.45. The minimum absolute atomic E-state index is 0.214. The molecule has 1 aromatic carbocycles. The smallest absolute Gasteiger partial charge is 0.220 e. The lowest BCUT2D eigenvalue weighted by Crippen LogP contribution is -2.31. The number of carbonyl (C=O) groups excluding carboxylic acids is 1. The van der Waals surface area contributed by atoms with Gasteiger partial charge in [0.1, 0.15) is 0 Å². The Hall–Kier alpha value is -1.39. The quantitative estimate of drug-likeness (QED) is 0.871. The van der Waals surface area contributed by atoms with Crippen LogP contribution >= 0.6 is 0 Å². The van der Waals surface area contributed by atoms with Crippen LogP contribution < -0.4 is 5.32 Å². The molecule has 1 aromatic rings. The SMILES string of the molecule is CN1CCC(CNC(=O)CCCN2Cc3ccccc3C2)C1. The fraction of sp³-hybridized carbons (Fsp3) is 0.611. The molecule has 4 heteroatoms. The molecule has 0 spiro atoms. The number of hydrogen-bond acceptors (Lipinski definition) is 3. The second kappa shape index (κ2) is 7.25. The highest BCUT2D eigenvalue weighted by atomic mass is 16.1. The fourth-order valence-corrected chi connectivity index (χ4v) is 3.56. The molecule has 2 heterocycles. The van der Waals surface area contributed by atoms with Gasteiger partial charge in [0.05, 0.1) is 0 Å². The van der Waals surface area contributed by atoms with Crippen molar-refractivity contribution in [2.45, 2.75) is 32.4 Å². The van der Waals surface area contributed by atoms with Gasteiger partial charge in [-0.05, 0) is 50.0 Å². The van der Waals surface area contributed by atoms with Crippen molar-refractivity contribution in [1.29, 1.82) is 0 Å². The predicted octanol–water partition coefficient (Wildman–Crippen LogP) is 1.85. The predicted molar refractivity (Wildman–Crippen MR) is 88.4 cm³/mol. The lowest BCUT2D eigenvalue weighted by atomic mass is 10.1. The Morgan fingerprint density at radius 2 is 2.00 bits per heavy atom. The van der Waals surface area contributed by atoms with Gasteiger partial charge in [-0.25, -0.2) is 0 Å². The summed E-state index contributed by atoms with van der Waals surface area (Å²) in [7, 11) is 2.15. The Morgan fingerprint density at radius 3 is 2.64 bits per heavy atom. The highest BCUT2D eigenvalue weighted by Gasteiger charge is 2.20. The molecule has 0 radical (unpaired) electrons. The maximum atomic E-state index is 11.9. The van der Waals surface area contributed by atoms with E-state index in [0.29, 0.717) is 12.3 Å². The van der Waals surface area contributed by atoms with Gasteiger partial charge in [0, 0.05) is 32.6 Å². The molecule has 1 saturated heterocycles. The Bertz CT molecular complexity index is 492. The van der Waals surface area contributed by atoms with Crippen LogP contribution in [0.3, 0.4) is 0 Å². The van der Waals surface area contributed by atoms with Gasteiger partial charge in [0.15, 0.2) is 0 Å². The first-order valence-electron chi connectivity index (χ1n) is 8.45. The van der Waals surface area contributed by atoms with E-state index >= 15 is 0 Å². The summed E-state index contributed by atoms with van der Waals surface area (Å²) in [4.78, 5) is 16.7. The van der Waals surface area contributed by atoms with Crippen molar-refractivity contribution in [3.8, 4) is 0 Å². The van der Waals surface area contributed by atoms with E-state index in [2.05, 4.69) is 46.4 Å². The minimum Gasteiger partial charge on any atom is -0.356 e. The standard InChI is InChI=1S/C18H27N3O/c1-20-10-8-15(12-20)11-19-18(22)7-4-9-21-13-16-5-2-3-6-17(16)14-21/h2-3,5-6,15H,4,7-14H2,1H3,(H,19,22). The van der Waals surface area contributed by atoms with Crippen molar-refractivity contribution < 1.29 is 4.79 Å². The maximum absolute atomic E-state index is 11.9. The van der Waals surface area contributed by atoms with Gasteiger partial charge < -0.3 is 10.2 Å². The second-order valence-electron chi connectivity index (χ2n) is 6.80. The summed E-state index contributed by atoms with van der Waals surface area (Å²) in [5, 5.41) is 3.10. The molecule has 22 heavy (non-hydrogen) atoms. The van der Waals surface area contributed by atoms with Gasteiger partial charge in [0.25, 0.3) is 0 Å². The van der Waals surface area contributed by atoms with Crippen LogP contribution in [0.15, 0.2) is 24.3 Å². The van der Waals surface area contributed by atoms with Crippen LogP contribution in [-0.2, 0) is 17.9 Å². The summed E-state index contributed by atoms with van der Waals surface area (Å²) < 4.78 is 0. The van der Waals surface area contributed by atoms with Gasteiger partial charge in [0.2, 0.25) is 5.91 Å². The highest BCUT2D eigenvalue weighted by Crippen LogP contribution is 2.22. The van der Waals surface area contributed by atoms with E-state index in [4.69, 9.17) is 0 Å². The van der Waals surface area contributed by atoms with Gasteiger partial charge in [-0.15, -0.1) is 0 Å². The van der Waals surface area contributed by atoms with E-state index in [1.54, 1.807) is 0 Å². The van der Waals surface area contributed by atoms with Crippen LogP contribution in [-0.4, -0.2) is 48.9 Å². The minimum atomic E-state index is 0.214. The van der Waals surface area contributed by atoms with Gasteiger partial charge in [-0.3, -0.25) is 9.69 Å². The van der Waals surface area contributed by atoms with Crippen LogP contribution in [0.2, 0.25) is 0 Å². The second-order valence-corrected chi connectivity index (χ2v) is 6.80. The molecule has 1 unspecified atom stereocenters. The molecule has 0 aromatic heterocycles. The number of likely N-dealkylation sites (tertiary alicyclic amines) is 1. The van der Waals surface area contributed by atoms with Gasteiger partial charge in [-0.1, -0.05) is 24.3 Å². The average Bonchev–Trinajstić information content (AvgIpc) is 3.10. The summed E-state index contributed by atoms with van der Waals surface area (Å²) >= 11 is 0. The molecule has 0 bridgehead atoms. The molecule has 1 N–H and O–H groups in total. The van der Waals surface area contributed by atoms with Crippen molar-refractivity contribution >= 4 is 5.91 Å². The zero-order valence-electron chi connectivity index (χ0n) is 13.6. The number of amides is 1. The zero-order valence-corrected chi connectivity index (χ0v) is 13.6. The molecular weight excluding hydrogens is 274 g/mol. The first kappa shape index (κ1) is 15.5. The van der Waals surface area contributed by atoms with Crippen molar-refractivity contribution in [2.75, 3.05) is 33.2 Å². The molecular formula is C18H27N3O.